The molecule has 0 saturated carbocycles. The Morgan fingerprint density at radius 2 is 2.33 bits per heavy atom. The molecule has 0 aliphatic rings. The standard InChI is InChI=1S/C10H10N2O2S/c11-10-12-5-9(15-10)14-8-3-1-2-7(4-8)6-13/h1-5,13H,6H2,(H2,11,12). The molecule has 0 aliphatic heterocycles. The highest BCUT2D eigenvalue weighted by Crippen LogP contribution is 2.28. The average molecular weight is 222 g/mol. The van der Waals surface area contributed by atoms with E-state index in [2.05, 4.69) is 4.98 Å². The van der Waals surface area contributed by atoms with Gasteiger partial charge in [-0.05, 0) is 17.7 Å². The monoisotopic (exact) mass is 222 g/mol. The molecule has 1 aromatic heterocycles. The van der Waals surface area contributed by atoms with E-state index in [-0.39, 0.29) is 6.61 Å². The van der Waals surface area contributed by atoms with Gasteiger partial charge in [0.1, 0.15) is 5.75 Å². The second kappa shape index (κ2) is 4.29. The number of nitrogens with two attached hydrogens (primary N) is 1. The molecule has 15 heavy (non-hydrogen) atoms. The Balaban J connectivity index is 2.16. The highest BCUT2D eigenvalue weighted by molar-refractivity contribution is 7.17. The number of hydrogen-bond donors (Lipinski definition) is 2. The van der Waals surface area contributed by atoms with Crippen molar-refractivity contribution in [1.82, 2.24) is 4.98 Å². The van der Waals surface area contributed by atoms with Crippen molar-refractivity contribution in [3.05, 3.63) is 36.0 Å². The topological polar surface area (TPSA) is 68.4 Å². The van der Waals surface area contributed by atoms with Gasteiger partial charge < -0.3 is 15.6 Å². The van der Waals surface area contributed by atoms with Crippen LogP contribution in [0.5, 0.6) is 10.8 Å². The summed E-state index contributed by atoms with van der Waals surface area (Å²) in [6.07, 6.45) is 1.58. The number of nitrogen functional groups attached to an aromatic ring is 1. The van der Waals surface area contributed by atoms with Gasteiger partial charge in [-0.3, -0.25) is 0 Å². The Hall–Kier alpha value is -1.59. The van der Waals surface area contributed by atoms with Crippen LogP contribution in [0.3, 0.4) is 0 Å². The van der Waals surface area contributed by atoms with Gasteiger partial charge in [0.15, 0.2) is 5.13 Å². The Morgan fingerprint density at radius 3 is 3.00 bits per heavy atom. The van der Waals surface area contributed by atoms with Crippen molar-refractivity contribution in [3.63, 3.8) is 0 Å². The molecule has 0 radical (unpaired) electrons. The largest absolute Gasteiger partial charge is 0.445 e. The van der Waals surface area contributed by atoms with Crippen LogP contribution in [0, 0.1) is 0 Å². The van der Waals surface area contributed by atoms with Gasteiger partial charge in [0.05, 0.1) is 12.8 Å². The zero-order valence-corrected chi connectivity index (χ0v) is 8.70. The Kier molecular flexibility index (Phi) is 2.84. The van der Waals surface area contributed by atoms with Crippen LogP contribution in [0.1, 0.15) is 5.56 Å². The summed E-state index contributed by atoms with van der Waals surface area (Å²) < 4.78 is 5.51. The van der Waals surface area contributed by atoms with Crippen molar-refractivity contribution < 1.29 is 9.84 Å². The molecule has 5 heteroatoms. The second-order valence-corrected chi connectivity index (χ2v) is 3.95. The lowest BCUT2D eigenvalue weighted by molar-refractivity contribution is 0.281. The molecule has 0 bridgehead atoms. The Labute approximate surface area is 91.0 Å². The van der Waals surface area contributed by atoms with Crippen molar-refractivity contribution in [2.24, 2.45) is 0 Å². The zero-order valence-electron chi connectivity index (χ0n) is 7.88. The third kappa shape index (κ3) is 2.45. The molecule has 2 aromatic rings. The van der Waals surface area contributed by atoms with E-state index in [1.54, 1.807) is 12.3 Å². The zero-order chi connectivity index (χ0) is 10.7. The number of aliphatic hydroxyl groups excluding tert-OH is 1. The minimum absolute atomic E-state index is 0.00201. The summed E-state index contributed by atoms with van der Waals surface area (Å²) in [7, 11) is 0. The van der Waals surface area contributed by atoms with Crippen molar-refractivity contribution in [3.8, 4) is 10.8 Å². The Bertz CT molecular complexity index is 456. The molecule has 0 fully saturated rings. The van der Waals surface area contributed by atoms with E-state index in [1.165, 1.54) is 11.3 Å². The van der Waals surface area contributed by atoms with Crippen LogP contribution in [-0.2, 0) is 6.61 Å². The second-order valence-electron chi connectivity index (χ2n) is 2.93. The summed E-state index contributed by atoms with van der Waals surface area (Å²) in [4.78, 5) is 3.88. The van der Waals surface area contributed by atoms with Gasteiger partial charge in [0.2, 0.25) is 5.06 Å². The van der Waals surface area contributed by atoms with Crippen LogP contribution in [0.4, 0.5) is 5.13 Å². The molecule has 0 spiro atoms. The lowest BCUT2D eigenvalue weighted by Gasteiger charge is -2.03. The smallest absolute Gasteiger partial charge is 0.202 e. The van der Waals surface area contributed by atoms with Crippen molar-refractivity contribution in [2.45, 2.75) is 6.61 Å². The van der Waals surface area contributed by atoms with Crippen LogP contribution < -0.4 is 10.5 Å². The van der Waals surface area contributed by atoms with Crippen molar-refractivity contribution >= 4 is 16.5 Å². The summed E-state index contributed by atoms with van der Waals surface area (Å²) in [5.41, 5.74) is 6.29. The number of nitrogens with zero attached hydrogens (tertiary/aromatic N) is 1. The van der Waals surface area contributed by atoms with Crippen molar-refractivity contribution in [1.29, 1.82) is 0 Å². The number of rotatable bonds is 3. The van der Waals surface area contributed by atoms with Crippen LogP contribution in [-0.4, -0.2) is 10.1 Å². The van der Waals surface area contributed by atoms with Crippen LogP contribution in [0.15, 0.2) is 30.5 Å². The van der Waals surface area contributed by atoms with E-state index in [1.807, 2.05) is 18.2 Å². The van der Waals surface area contributed by atoms with Crippen molar-refractivity contribution in [2.75, 3.05) is 5.73 Å². The molecule has 2 rings (SSSR count). The first-order valence-corrected chi connectivity index (χ1v) is 5.18. The van der Waals surface area contributed by atoms with E-state index in [0.29, 0.717) is 15.9 Å². The molecule has 4 nitrogen and oxygen atoms in total. The fraction of sp³-hybridized carbons (Fsp3) is 0.100. The maximum absolute atomic E-state index is 8.95. The van der Waals surface area contributed by atoms with E-state index in [9.17, 15) is 0 Å². The maximum Gasteiger partial charge on any atom is 0.202 e. The predicted octanol–water partition coefficient (Wildman–Crippen LogP) is 2.01. The quantitative estimate of drug-likeness (QED) is 0.833. The van der Waals surface area contributed by atoms with Crippen LogP contribution in [0.25, 0.3) is 0 Å². The summed E-state index contributed by atoms with van der Waals surface area (Å²) >= 11 is 1.28. The molecular formula is C10H10N2O2S. The van der Waals surface area contributed by atoms with Gasteiger partial charge in [-0.2, -0.15) is 0 Å². The molecule has 1 heterocycles. The molecule has 3 N–H and O–H groups in total. The number of ether oxygens (including phenoxy) is 1. The number of anilines is 1. The molecular weight excluding hydrogens is 212 g/mol. The van der Waals surface area contributed by atoms with E-state index >= 15 is 0 Å². The Morgan fingerprint density at radius 1 is 1.47 bits per heavy atom. The lowest BCUT2D eigenvalue weighted by Crippen LogP contribution is -1.85. The minimum atomic E-state index is 0.00201. The van der Waals surface area contributed by atoms with Crippen LogP contribution in [0.2, 0.25) is 0 Å². The summed E-state index contributed by atoms with van der Waals surface area (Å²) in [6.45, 7) is 0.00201. The minimum Gasteiger partial charge on any atom is -0.445 e. The molecule has 78 valence electrons. The summed E-state index contributed by atoms with van der Waals surface area (Å²) in [5, 5.41) is 10.1. The highest BCUT2D eigenvalue weighted by Gasteiger charge is 2.01. The van der Waals surface area contributed by atoms with Gasteiger partial charge in [-0.15, -0.1) is 0 Å². The molecule has 0 aliphatic carbocycles. The van der Waals surface area contributed by atoms with Gasteiger partial charge in [0.25, 0.3) is 0 Å². The van der Waals surface area contributed by atoms with E-state index in [0.717, 1.165) is 5.56 Å². The molecule has 0 amide bonds. The third-order valence-electron chi connectivity index (χ3n) is 1.80. The first-order valence-electron chi connectivity index (χ1n) is 4.37. The number of hydrogen-bond acceptors (Lipinski definition) is 5. The summed E-state index contributed by atoms with van der Waals surface area (Å²) in [5.74, 6) is 0.671. The highest BCUT2D eigenvalue weighted by atomic mass is 32.1. The van der Waals surface area contributed by atoms with Gasteiger partial charge in [-0.25, -0.2) is 4.98 Å². The third-order valence-corrected chi connectivity index (χ3v) is 2.51. The number of aromatic nitrogens is 1. The molecule has 0 atom stereocenters. The lowest BCUT2D eigenvalue weighted by atomic mass is 10.2. The normalized spacial score (nSPS) is 10.2. The van der Waals surface area contributed by atoms with Crippen LogP contribution >= 0.6 is 11.3 Å². The number of thiazole rings is 1. The molecule has 0 unspecified atom stereocenters. The van der Waals surface area contributed by atoms with Gasteiger partial charge in [-0.1, -0.05) is 23.5 Å². The maximum atomic E-state index is 8.95. The summed E-state index contributed by atoms with van der Waals surface area (Å²) in [6, 6.07) is 7.24. The number of aliphatic hydroxyl groups is 1. The molecule has 1 aromatic carbocycles. The number of benzene rings is 1. The first-order chi connectivity index (χ1) is 7.28. The SMILES string of the molecule is Nc1ncc(Oc2cccc(CO)c2)s1. The van der Waals surface area contributed by atoms with E-state index in [4.69, 9.17) is 15.6 Å². The molecule has 0 saturated heterocycles. The van der Waals surface area contributed by atoms with Gasteiger partial charge >= 0.3 is 0 Å². The first kappa shape index (κ1) is 9.95. The fourth-order valence-electron chi connectivity index (χ4n) is 1.14. The van der Waals surface area contributed by atoms with E-state index < -0.39 is 0 Å². The van der Waals surface area contributed by atoms with Gasteiger partial charge in [0, 0.05) is 0 Å². The fourth-order valence-corrected chi connectivity index (χ4v) is 1.70. The predicted molar refractivity (Wildman–Crippen MR) is 59.0 cm³/mol. The average Bonchev–Trinajstić information content (AvgIpc) is 2.64.